The Morgan fingerprint density at radius 3 is 2.89 bits per heavy atom. The maximum Gasteiger partial charge on any atom is 0.139 e. The Kier molecular flexibility index (Phi) is 4.47. The van der Waals surface area contributed by atoms with Crippen molar-refractivity contribution >= 4 is 34.2 Å². The molecule has 0 bridgehead atoms. The summed E-state index contributed by atoms with van der Waals surface area (Å²) in [7, 11) is 2.08. The van der Waals surface area contributed by atoms with Gasteiger partial charge in [0.1, 0.15) is 12.1 Å². The molecule has 0 aliphatic rings. The Hall–Kier alpha value is -1.49. The van der Waals surface area contributed by atoms with Crippen molar-refractivity contribution in [1.29, 1.82) is 0 Å². The summed E-state index contributed by atoms with van der Waals surface area (Å²) in [5.74, 6) is 2.10. The maximum absolute atomic E-state index is 5.87. The highest BCUT2D eigenvalue weighted by atomic mass is 32.2. The zero-order valence-corrected chi connectivity index (χ0v) is 12.4. The quantitative estimate of drug-likeness (QED) is 0.851. The monoisotopic (exact) mass is 276 g/mol. The summed E-state index contributed by atoms with van der Waals surface area (Å²) in [6, 6.07) is 6.20. The SMILES string of the molecule is CSCCC(C)N(C)c1ncnc2ccc(N)cc12. The van der Waals surface area contributed by atoms with Crippen LogP contribution in [-0.4, -0.2) is 35.1 Å². The van der Waals surface area contributed by atoms with Crippen LogP contribution in [0.5, 0.6) is 0 Å². The van der Waals surface area contributed by atoms with E-state index >= 15 is 0 Å². The van der Waals surface area contributed by atoms with E-state index in [0.717, 1.165) is 34.6 Å². The average molecular weight is 276 g/mol. The van der Waals surface area contributed by atoms with Gasteiger partial charge in [0.15, 0.2) is 0 Å². The molecule has 0 saturated carbocycles. The van der Waals surface area contributed by atoms with E-state index in [1.807, 2.05) is 30.0 Å². The molecule has 1 heterocycles. The summed E-state index contributed by atoms with van der Waals surface area (Å²) in [6.07, 6.45) is 4.88. The van der Waals surface area contributed by atoms with Gasteiger partial charge in [-0.15, -0.1) is 0 Å². The molecule has 0 aliphatic heterocycles. The molecule has 19 heavy (non-hydrogen) atoms. The second-order valence-corrected chi connectivity index (χ2v) is 5.70. The summed E-state index contributed by atoms with van der Waals surface area (Å²) in [6.45, 7) is 2.22. The van der Waals surface area contributed by atoms with E-state index in [-0.39, 0.29) is 0 Å². The molecule has 1 aromatic carbocycles. The van der Waals surface area contributed by atoms with Crippen LogP contribution in [0.4, 0.5) is 11.5 Å². The minimum absolute atomic E-state index is 0.437. The van der Waals surface area contributed by atoms with Crippen molar-refractivity contribution in [3.8, 4) is 0 Å². The first-order chi connectivity index (χ1) is 9.13. The van der Waals surface area contributed by atoms with Gasteiger partial charge in [-0.2, -0.15) is 11.8 Å². The van der Waals surface area contributed by atoms with Crippen LogP contribution in [-0.2, 0) is 0 Å². The van der Waals surface area contributed by atoms with Gasteiger partial charge >= 0.3 is 0 Å². The van der Waals surface area contributed by atoms with E-state index in [4.69, 9.17) is 5.73 Å². The number of thioether (sulfide) groups is 1. The van der Waals surface area contributed by atoms with Crippen molar-refractivity contribution in [1.82, 2.24) is 9.97 Å². The topological polar surface area (TPSA) is 55.0 Å². The molecule has 2 N–H and O–H groups in total. The predicted molar refractivity (Wildman–Crippen MR) is 84.8 cm³/mol. The summed E-state index contributed by atoms with van der Waals surface area (Å²) in [5, 5.41) is 1.01. The molecule has 0 radical (unpaired) electrons. The first kappa shape index (κ1) is 13.9. The molecule has 0 amide bonds. The summed E-state index contributed by atoms with van der Waals surface area (Å²) < 4.78 is 0. The lowest BCUT2D eigenvalue weighted by Gasteiger charge is -2.26. The summed E-state index contributed by atoms with van der Waals surface area (Å²) >= 11 is 1.87. The molecule has 0 aliphatic carbocycles. The third-order valence-electron chi connectivity index (χ3n) is 3.37. The second kappa shape index (κ2) is 6.10. The number of fused-ring (bicyclic) bond motifs is 1. The van der Waals surface area contributed by atoms with Crippen LogP contribution < -0.4 is 10.6 Å². The normalized spacial score (nSPS) is 12.6. The lowest BCUT2D eigenvalue weighted by Crippen LogP contribution is -2.30. The zero-order valence-electron chi connectivity index (χ0n) is 11.6. The van der Waals surface area contributed by atoms with E-state index in [1.54, 1.807) is 6.33 Å². The first-order valence-electron chi connectivity index (χ1n) is 6.35. The highest BCUT2D eigenvalue weighted by Crippen LogP contribution is 2.26. The Morgan fingerprint density at radius 1 is 1.37 bits per heavy atom. The molecule has 1 aromatic heterocycles. The van der Waals surface area contributed by atoms with Crippen LogP contribution in [0.15, 0.2) is 24.5 Å². The van der Waals surface area contributed by atoms with Gasteiger partial charge in [0.05, 0.1) is 5.52 Å². The number of hydrogen-bond acceptors (Lipinski definition) is 5. The van der Waals surface area contributed by atoms with Gasteiger partial charge in [-0.05, 0) is 43.6 Å². The van der Waals surface area contributed by atoms with Crippen LogP contribution in [0, 0.1) is 0 Å². The van der Waals surface area contributed by atoms with Gasteiger partial charge in [0.25, 0.3) is 0 Å². The zero-order chi connectivity index (χ0) is 13.8. The van der Waals surface area contributed by atoms with Crippen LogP contribution in [0.3, 0.4) is 0 Å². The highest BCUT2D eigenvalue weighted by molar-refractivity contribution is 7.98. The predicted octanol–water partition coefficient (Wildman–Crippen LogP) is 2.79. The van der Waals surface area contributed by atoms with Crippen molar-refractivity contribution in [3.05, 3.63) is 24.5 Å². The van der Waals surface area contributed by atoms with Crippen molar-refractivity contribution in [2.75, 3.05) is 29.7 Å². The standard InChI is InChI=1S/C14H20N4S/c1-10(6-7-19-3)18(2)14-12-8-11(15)4-5-13(12)16-9-17-14/h4-5,8-10H,6-7,15H2,1-3H3. The molecule has 4 nitrogen and oxygen atoms in total. The number of anilines is 2. The minimum Gasteiger partial charge on any atom is -0.399 e. The number of aromatic nitrogens is 2. The molecular formula is C14H20N4S. The lowest BCUT2D eigenvalue weighted by atomic mass is 10.1. The molecule has 2 rings (SSSR count). The second-order valence-electron chi connectivity index (χ2n) is 4.72. The minimum atomic E-state index is 0.437. The van der Waals surface area contributed by atoms with E-state index in [1.165, 1.54) is 0 Å². The van der Waals surface area contributed by atoms with E-state index in [2.05, 4.69) is 35.1 Å². The summed E-state index contributed by atoms with van der Waals surface area (Å²) in [5.41, 5.74) is 7.55. The van der Waals surface area contributed by atoms with Gasteiger partial charge in [0, 0.05) is 24.2 Å². The van der Waals surface area contributed by atoms with Crippen LogP contribution in [0.25, 0.3) is 10.9 Å². The Bertz CT molecular complexity index is 558. The Balaban J connectivity index is 2.35. The number of nitrogen functional groups attached to an aromatic ring is 1. The van der Waals surface area contributed by atoms with Gasteiger partial charge in [0.2, 0.25) is 0 Å². The molecule has 5 heteroatoms. The van der Waals surface area contributed by atoms with E-state index < -0.39 is 0 Å². The number of nitrogens with two attached hydrogens (primary N) is 1. The molecule has 0 saturated heterocycles. The molecule has 0 fully saturated rings. The number of nitrogens with zero attached hydrogens (tertiary/aromatic N) is 3. The average Bonchev–Trinajstić information content (AvgIpc) is 2.43. The van der Waals surface area contributed by atoms with Crippen molar-refractivity contribution in [2.24, 2.45) is 0 Å². The molecule has 2 aromatic rings. The maximum atomic E-state index is 5.87. The molecule has 102 valence electrons. The number of rotatable bonds is 5. The van der Waals surface area contributed by atoms with Crippen molar-refractivity contribution in [2.45, 2.75) is 19.4 Å². The van der Waals surface area contributed by atoms with Gasteiger partial charge in [-0.25, -0.2) is 9.97 Å². The third kappa shape index (κ3) is 3.10. The fourth-order valence-electron chi connectivity index (χ4n) is 2.03. The smallest absolute Gasteiger partial charge is 0.139 e. The van der Waals surface area contributed by atoms with Gasteiger partial charge < -0.3 is 10.6 Å². The van der Waals surface area contributed by atoms with E-state index in [0.29, 0.717) is 6.04 Å². The van der Waals surface area contributed by atoms with Crippen LogP contribution in [0.1, 0.15) is 13.3 Å². The lowest BCUT2D eigenvalue weighted by molar-refractivity contribution is 0.664. The number of benzene rings is 1. The van der Waals surface area contributed by atoms with Gasteiger partial charge in [-0.3, -0.25) is 0 Å². The first-order valence-corrected chi connectivity index (χ1v) is 7.75. The largest absolute Gasteiger partial charge is 0.399 e. The Morgan fingerprint density at radius 2 is 2.16 bits per heavy atom. The Labute approximate surface area is 118 Å². The third-order valence-corrected chi connectivity index (χ3v) is 4.02. The summed E-state index contributed by atoms with van der Waals surface area (Å²) in [4.78, 5) is 10.9. The molecule has 1 unspecified atom stereocenters. The fourth-order valence-corrected chi connectivity index (χ4v) is 2.61. The van der Waals surface area contributed by atoms with Crippen LogP contribution in [0.2, 0.25) is 0 Å². The highest BCUT2D eigenvalue weighted by Gasteiger charge is 2.14. The molecular weight excluding hydrogens is 256 g/mol. The van der Waals surface area contributed by atoms with Crippen LogP contribution >= 0.6 is 11.8 Å². The van der Waals surface area contributed by atoms with Crippen molar-refractivity contribution < 1.29 is 0 Å². The van der Waals surface area contributed by atoms with Gasteiger partial charge in [-0.1, -0.05) is 0 Å². The van der Waals surface area contributed by atoms with Crippen molar-refractivity contribution in [3.63, 3.8) is 0 Å². The number of hydrogen-bond donors (Lipinski definition) is 1. The fraction of sp³-hybridized carbons (Fsp3) is 0.429. The van der Waals surface area contributed by atoms with E-state index in [9.17, 15) is 0 Å². The molecule has 0 spiro atoms. The molecule has 1 atom stereocenters.